The van der Waals surface area contributed by atoms with Gasteiger partial charge in [-0.1, -0.05) is 58.0 Å². The molecule has 9 atom stereocenters. The molecule has 4 aliphatic carbocycles. The van der Waals surface area contributed by atoms with Gasteiger partial charge in [0.15, 0.2) is 0 Å². The summed E-state index contributed by atoms with van der Waals surface area (Å²) in [5.41, 5.74) is -5.31. The molecule has 4 saturated carbocycles. The highest BCUT2D eigenvalue weighted by Gasteiger charge is 2.61. The molecule has 1 N–H and O–H groups in total. The molecule has 39 heavy (non-hydrogen) atoms. The lowest BCUT2D eigenvalue weighted by Gasteiger charge is -2.61. The molecule has 4 aliphatic rings. The molecule has 0 aromatic rings. The van der Waals surface area contributed by atoms with Gasteiger partial charge in [0.1, 0.15) is 0 Å². The van der Waals surface area contributed by atoms with Gasteiger partial charge in [-0.25, -0.2) is 8.42 Å². The maximum Gasteiger partial charge on any atom is 0.512 e. The Morgan fingerprint density at radius 1 is 0.872 bits per heavy atom. The molecule has 0 aliphatic heterocycles. The van der Waals surface area contributed by atoms with Crippen molar-refractivity contribution in [3.8, 4) is 0 Å². The highest BCUT2D eigenvalue weighted by atomic mass is 32.3. The van der Waals surface area contributed by atoms with E-state index in [0.717, 1.165) is 42.9 Å². The highest BCUT2D eigenvalue weighted by Crippen LogP contribution is 2.68. The molecule has 0 unspecified atom stereocenters. The van der Waals surface area contributed by atoms with Crippen molar-refractivity contribution < 1.29 is 34.2 Å². The zero-order chi connectivity index (χ0) is 29.0. The average molecular weight is 600 g/mol. The molecule has 0 aromatic carbocycles. The van der Waals surface area contributed by atoms with Gasteiger partial charge in [-0.3, -0.25) is 4.18 Å². The molecule has 228 valence electrons. The van der Waals surface area contributed by atoms with Gasteiger partial charge in [0, 0.05) is 0 Å². The Bertz CT molecular complexity index is 1090. The van der Waals surface area contributed by atoms with Crippen LogP contribution in [0.4, 0.5) is 13.2 Å². The van der Waals surface area contributed by atoms with Crippen molar-refractivity contribution in [2.75, 3.05) is 0 Å². The first kappa shape index (κ1) is 31.5. The number of sulfonamides is 1. The summed E-state index contributed by atoms with van der Waals surface area (Å²) in [7, 11) is -11.2. The average Bonchev–Trinajstić information content (AvgIpc) is 3.14. The molecule has 0 bridgehead atoms. The van der Waals surface area contributed by atoms with E-state index in [1.807, 2.05) is 0 Å². The Labute approximate surface area is 233 Å². The molecule has 0 spiro atoms. The van der Waals surface area contributed by atoms with Crippen LogP contribution in [0.2, 0.25) is 0 Å². The number of alkyl halides is 3. The Hall–Kier alpha value is -0.390. The molecule has 0 amide bonds. The van der Waals surface area contributed by atoms with Crippen molar-refractivity contribution >= 4 is 20.3 Å². The minimum absolute atomic E-state index is 0.0420. The molecule has 0 heterocycles. The molecule has 0 radical (unpaired) electrons. The van der Waals surface area contributed by atoms with Crippen molar-refractivity contribution in [1.82, 2.24) is 4.13 Å². The quantitative estimate of drug-likeness (QED) is 0.303. The van der Waals surface area contributed by atoms with Crippen LogP contribution >= 0.6 is 0 Å². The van der Waals surface area contributed by atoms with E-state index in [-0.39, 0.29) is 11.3 Å². The van der Waals surface area contributed by atoms with Gasteiger partial charge < -0.3 is 0 Å². The molecule has 6 nitrogen and oxygen atoms in total. The van der Waals surface area contributed by atoms with Crippen LogP contribution in [-0.2, 0) is 24.5 Å². The van der Waals surface area contributed by atoms with Crippen molar-refractivity contribution in [2.45, 2.75) is 123 Å². The first-order valence-electron chi connectivity index (χ1n) is 14.9. The number of rotatable bonds is 9. The summed E-state index contributed by atoms with van der Waals surface area (Å²) in [5, 5.41) is 0. The topological polar surface area (TPSA) is 89.5 Å². The van der Waals surface area contributed by atoms with Crippen LogP contribution in [0.1, 0.15) is 112 Å². The lowest BCUT2D eigenvalue weighted by Crippen LogP contribution is -2.54. The summed E-state index contributed by atoms with van der Waals surface area (Å²) in [5.74, 6) is 4.42. The van der Waals surface area contributed by atoms with E-state index in [1.165, 1.54) is 44.9 Å². The molecule has 4 rings (SSSR count). The van der Waals surface area contributed by atoms with Crippen molar-refractivity contribution in [1.29, 1.82) is 0 Å². The summed E-state index contributed by atoms with van der Waals surface area (Å²) >= 11 is 0. The smallest absolute Gasteiger partial charge is 0.254 e. The molecule has 4 fully saturated rings. The molecule has 0 saturated heterocycles. The Morgan fingerprint density at radius 2 is 1.51 bits per heavy atom. The Kier molecular flexibility index (Phi) is 8.92. The van der Waals surface area contributed by atoms with Gasteiger partial charge in [-0.15, -0.1) is 0 Å². The number of nitrogens with one attached hydrogen (secondary N) is 1. The fourth-order valence-corrected chi connectivity index (χ4v) is 11.9. The highest BCUT2D eigenvalue weighted by molar-refractivity contribution is 8.03. The summed E-state index contributed by atoms with van der Waals surface area (Å²) in [6, 6.07) is 0. The lowest BCUT2D eigenvalue weighted by molar-refractivity contribution is -0.126. The van der Waals surface area contributed by atoms with E-state index in [4.69, 9.17) is 4.18 Å². The Morgan fingerprint density at radius 3 is 2.15 bits per heavy atom. The summed E-state index contributed by atoms with van der Waals surface area (Å²) in [6.07, 6.45) is 11.7. The largest absolute Gasteiger partial charge is 0.512 e. The number of hydrogen-bond acceptors (Lipinski definition) is 5. The molecule has 11 heteroatoms. The van der Waals surface area contributed by atoms with Crippen molar-refractivity contribution in [3.05, 3.63) is 0 Å². The zero-order valence-electron chi connectivity index (χ0n) is 24.1. The molecular weight excluding hydrogens is 551 g/mol. The van der Waals surface area contributed by atoms with Crippen molar-refractivity contribution in [3.63, 3.8) is 0 Å². The lowest BCUT2D eigenvalue weighted by atomic mass is 9.44. The van der Waals surface area contributed by atoms with Crippen LogP contribution in [0.25, 0.3) is 0 Å². The summed E-state index contributed by atoms with van der Waals surface area (Å²) < 4.78 is 90.7. The number of fused-ring (bicyclic) bond motifs is 5. The van der Waals surface area contributed by atoms with Crippen LogP contribution in [-0.4, -0.2) is 28.4 Å². The minimum atomic E-state index is -6.05. The minimum Gasteiger partial charge on any atom is -0.254 e. The first-order valence-corrected chi connectivity index (χ1v) is 17.8. The standard InChI is InChI=1S/C28H48F3NO5S2/c1-18(2)7-6-8-19(3)23-11-12-24-22-10-9-20-17-21(37-39(35,36)32-38(33,34)28(29,30)31)13-15-26(20,4)25(22)14-16-27(23,24)5/h18-25,32H,6-17H2,1-5H3/t19-,20+,21+,22+,23-,24+,25+,26+,27-/m1/s1. The SMILES string of the molecule is CC(C)CCC[C@@H](C)[C@H]1CC[C@H]2[C@@H]3CC[C@H]4C[C@@H](OS(=O)(=O)NS(=O)(=O)C(F)(F)F)CC[C@]4(C)[C@H]3CC[C@]12C. The van der Waals surface area contributed by atoms with E-state index in [0.29, 0.717) is 34.2 Å². The van der Waals surface area contributed by atoms with Gasteiger partial charge in [0.05, 0.1) is 6.10 Å². The van der Waals surface area contributed by atoms with Crippen LogP contribution in [0.3, 0.4) is 0 Å². The van der Waals surface area contributed by atoms with E-state index in [9.17, 15) is 30.0 Å². The summed E-state index contributed by atoms with van der Waals surface area (Å²) in [4.78, 5) is 0. The monoisotopic (exact) mass is 599 g/mol. The van der Waals surface area contributed by atoms with Gasteiger partial charge in [0.25, 0.3) is 0 Å². The number of hydrogen-bond donors (Lipinski definition) is 1. The summed E-state index contributed by atoms with van der Waals surface area (Å²) in [6.45, 7) is 11.9. The molecule has 0 aromatic heterocycles. The van der Waals surface area contributed by atoms with Gasteiger partial charge in [-0.05, 0) is 110 Å². The third kappa shape index (κ3) is 6.21. The fourth-order valence-electron chi connectivity index (χ4n) is 9.71. The van der Waals surface area contributed by atoms with Crippen molar-refractivity contribution in [2.24, 2.45) is 52.3 Å². The van der Waals surface area contributed by atoms with Crippen LogP contribution in [0.5, 0.6) is 0 Å². The van der Waals surface area contributed by atoms with E-state index >= 15 is 0 Å². The van der Waals surface area contributed by atoms with E-state index in [2.05, 4.69) is 34.6 Å². The molecular formula is C28H48F3NO5S2. The van der Waals surface area contributed by atoms with Crippen LogP contribution in [0.15, 0.2) is 0 Å². The maximum atomic E-state index is 12.7. The van der Waals surface area contributed by atoms with Gasteiger partial charge in [-0.2, -0.15) is 21.6 Å². The second-order valence-corrected chi connectivity index (χ2v) is 17.4. The normalized spacial score (nSPS) is 40.1. The predicted octanol–water partition coefficient (Wildman–Crippen LogP) is 7.18. The van der Waals surface area contributed by atoms with Crippen LogP contribution < -0.4 is 4.13 Å². The first-order chi connectivity index (χ1) is 17.9. The Balaban J connectivity index is 1.40. The van der Waals surface area contributed by atoms with E-state index in [1.54, 1.807) is 0 Å². The number of halogens is 3. The fraction of sp³-hybridized carbons (Fsp3) is 1.00. The predicted molar refractivity (Wildman–Crippen MR) is 145 cm³/mol. The van der Waals surface area contributed by atoms with Crippen LogP contribution in [0, 0.1) is 52.3 Å². The second-order valence-electron chi connectivity index (χ2n) is 14.2. The van der Waals surface area contributed by atoms with Gasteiger partial charge >= 0.3 is 25.8 Å². The maximum absolute atomic E-state index is 12.7. The third-order valence-electron chi connectivity index (χ3n) is 11.6. The second kappa shape index (κ2) is 11.0. The zero-order valence-corrected chi connectivity index (χ0v) is 25.7. The third-order valence-corrected chi connectivity index (χ3v) is 14.4. The van der Waals surface area contributed by atoms with E-state index < -0.39 is 31.9 Å². The van der Waals surface area contributed by atoms with Gasteiger partial charge in [0.2, 0.25) is 0 Å².